The van der Waals surface area contributed by atoms with Crippen LogP contribution in [0.1, 0.15) is 49.2 Å². The van der Waals surface area contributed by atoms with Crippen molar-refractivity contribution in [2.24, 2.45) is 0 Å². The molecule has 6 nitrogen and oxygen atoms in total. The zero-order valence-electron chi connectivity index (χ0n) is 14.0. The Morgan fingerprint density at radius 3 is 2.67 bits per heavy atom. The van der Waals surface area contributed by atoms with Crippen LogP contribution < -0.4 is 10.1 Å². The molecule has 1 aromatic rings. The van der Waals surface area contributed by atoms with Gasteiger partial charge >= 0.3 is 12.1 Å². The number of hydrogen-bond acceptors (Lipinski definition) is 6. The number of amides is 1. The Kier molecular flexibility index (Phi) is 5.87. The van der Waals surface area contributed by atoms with Crippen LogP contribution in [0.5, 0.6) is 5.75 Å². The lowest BCUT2D eigenvalue weighted by atomic mass is 9.98. The molecule has 0 radical (unpaired) electrons. The summed E-state index contributed by atoms with van der Waals surface area (Å²) in [6.07, 6.45) is 0.0911. The summed E-state index contributed by atoms with van der Waals surface area (Å²) in [5.41, 5.74) is 0.501. The third-order valence-electron chi connectivity index (χ3n) is 3.33. The smallest absolute Gasteiger partial charge is 0.408 e. The lowest BCUT2D eigenvalue weighted by Gasteiger charge is -2.29. The molecule has 8 heteroatoms. The van der Waals surface area contributed by atoms with Crippen LogP contribution in [0.4, 0.5) is 4.79 Å². The maximum absolute atomic E-state index is 12.0. The highest BCUT2D eigenvalue weighted by Crippen LogP contribution is 2.39. The van der Waals surface area contributed by atoms with Gasteiger partial charge in [0.15, 0.2) is 0 Å². The zero-order chi connectivity index (χ0) is 17.9. The van der Waals surface area contributed by atoms with E-state index >= 15 is 0 Å². The Balaban J connectivity index is 2.29. The Hall–Kier alpha value is -1.60. The predicted molar refractivity (Wildman–Crippen MR) is 91.7 cm³/mol. The first-order valence-corrected chi connectivity index (χ1v) is 9.06. The molecular weight excluding hydrogens is 354 g/mol. The molecule has 0 bridgehead atoms. The number of carbonyl (C=O) groups is 2. The fourth-order valence-corrected chi connectivity index (χ4v) is 3.13. The highest BCUT2D eigenvalue weighted by molar-refractivity contribution is 8.21. The third-order valence-corrected chi connectivity index (χ3v) is 4.33. The highest BCUT2D eigenvalue weighted by atomic mass is 35.7. The van der Waals surface area contributed by atoms with Gasteiger partial charge in [-0.2, -0.15) is 0 Å². The average molecular weight is 374 g/mol. The molecule has 1 unspecified atom stereocenters. The van der Waals surface area contributed by atoms with Crippen molar-refractivity contribution in [2.45, 2.75) is 43.7 Å². The first-order valence-electron chi connectivity index (χ1n) is 7.42. The normalized spacial score (nSPS) is 16.6. The molecule has 0 spiro atoms. The van der Waals surface area contributed by atoms with E-state index in [9.17, 15) is 9.59 Å². The Morgan fingerprint density at radius 1 is 1.38 bits per heavy atom. The number of rotatable bonds is 3. The lowest BCUT2D eigenvalue weighted by molar-refractivity contribution is 0.0488. The number of esters is 1. The minimum absolute atomic E-state index is 0.280. The second kappa shape index (κ2) is 7.53. The second-order valence-electron chi connectivity index (χ2n) is 6.29. The molecule has 1 N–H and O–H groups in total. The summed E-state index contributed by atoms with van der Waals surface area (Å²) in [4.78, 5) is 24.4. The van der Waals surface area contributed by atoms with Gasteiger partial charge in [-0.3, -0.25) is 0 Å². The average Bonchev–Trinajstić information content (AvgIpc) is 2.51. The quantitative estimate of drug-likeness (QED) is 0.805. The van der Waals surface area contributed by atoms with Crippen molar-refractivity contribution in [2.75, 3.05) is 13.7 Å². The summed E-state index contributed by atoms with van der Waals surface area (Å²) in [5, 5.41) is 2.84. The van der Waals surface area contributed by atoms with E-state index in [1.807, 2.05) is 0 Å². The fraction of sp³-hybridized carbons (Fsp3) is 0.500. The van der Waals surface area contributed by atoms with Crippen LogP contribution in [0.2, 0.25) is 0 Å². The second-order valence-corrected chi connectivity index (χ2v) is 7.35. The Labute approximate surface area is 149 Å². The van der Waals surface area contributed by atoms with E-state index in [0.717, 1.165) is 16.5 Å². The van der Waals surface area contributed by atoms with Crippen LogP contribution in [-0.4, -0.2) is 31.4 Å². The van der Waals surface area contributed by atoms with Gasteiger partial charge in [0, 0.05) is 16.9 Å². The molecule has 1 aromatic carbocycles. The number of alkyl carbamates (subject to hydrolysis) is 1. The maximum atomic E-state index is 12.0. The van der Waals surface area contributed by atoms with Crippen molar-refractivity contribution in [1.29, 1.82) is 0 Å². The van der Waals surface area contributed by atoms with Crippen molar-refractivity contribution >= 4 is 33.7 Å². The SMILES string of the molecule is COC(=O)c1cc2c(cc1SCl)C(NC(=O)OC(C)(C)C)CCO2. The van der Waals surface area contributed by atoms with Crippen LogP contribution in [-0.2, 0) is 9.47 Å². The summed E-state index contributed by atoms with van der Waals surface area (Å²) in [6.45, 7) is 5.82. The van der Waals surface area contributed by atoms with Crippen LogP contribution in [0.15, 0.2) is 17.0 Å². The standard InChI is InChI=1S/C16H20ClNO5S/c1-16(2,3)23-15(20)18-11-5-6-22-12-7-10(14(19)21-4)13(24-17)8-9(11)12/h7-8,11H,5-6H2,1-4H3,(H,18,20). The van der Waals surface area contributed by atoms with Crippen molar-refractivity contribution in [1.82, 2.24) is 5.32 Å². The van der Waals surface area contributed by atoms with Gasteiger partial charge in [0.05, 0.1) is 25.3 Å². The molecule has 1 heterocycles. The van der Waals surface area contributed by atoms with Gasteiger partial charge in [0.25, 0.3) is 0 Å². The number of halogens is 1. The molecule has 132 valence electrons. The van der Waals surface area contributed by atoms with Gasteiger partial charge < -0.3 is 19.5 Å². The van der Waals surface area contributed by atoms with Gasteiger partial charge in [-0.15, -0.1) is 0 Å². The Morgan fingerprint density at radius 2 is 2.08 bits per heavy atom. The first kappa shape index (κ1) is 18.7. The highest BCUT2D eigenvalue weighted by Gasteiger charge is 2.28. The van der Waals surface area contributed by atoms with Crippen molar-refractivity contribution < 1.29 is 23.8 Å². The Bertz CT molecular complexity index is 644. The van der Waals surface area contributed by atoms with Gasteiger partial charge in [-0.05, 0) is 54.6 Å². The molecule has 0 fully saturated rings. The molecular formula is C16H20ClNO5S. The summed E-state index contributed by atoms with van der Waals surface area (Å²) >= 11 is 0. The zero-order valence-corrected chi connectivity index (χ0v) is 15.5. The number of fused-ring (bicyclic) bond motifs is 1. The summed E-state index contributed by atoms with van der Waals surface area (Å²) < 4.78 is 15.7. The van der Waals surface area contributed by atoms with Crippen molar-refractivity contribution in [3.63, 3.8) is 0 Å². The van der Waals surface area contributed by atoms with E-state index in [4.69, 9.17) is 24.9 Å². The van der Waals surface area contributed by atoms with Gasteiger partial charge in [0.1, 0.15) is 11.4 Å². The summed E-state index contributed by atoms with van der Waals surface area (Å²) in [5.74, 6) is 0.0314. The van der Waals surface area contributed by atoms with Crippen LogP contribution in [0.25, 0.3) is 0 Å². The largest absolute Gasteiger partial charge is 0.493 e. The molecule has 0 aliphatic carbocycles. The van der Waals surface area contributed by atoms with Gasteiger partial charge in [-0.1, -0.05) is 0 Å². The minimum atomic E-state index is -0.579. The molecule has 0 saturated carbocycles. The molecule has 1 aliphatic heterocycles. The maximum Gasteiger partial charge on any atom is 0.408 e. The molecule has 1 aliphatic rings. The summed E-state index contributed by atoms with van der Waals surface area (Å²) in [6, 6.07) is 3.05. The van der Waals surface area contributed by atoms with Gasteiger partial charge in [0.2, 0.25) is 0 Å². The number of ether oxygens (including phenoxy) is 3. The number of methoxy groups -OCH3 is 1. The molecule has 1 atom stereocenters. The van der Waals surface area contributed by atoms with Crippen molar-refractivity contribution in [3.05, 3.63) is 23.3 Å². The topological polar surface area (TPSA) is 73.9 Å². The van der Waals surface area contributed by atoms with E-state index in [2.05, 4.69) is 5.32 Å². The van der Waals surface area contributed by atoms with Crippen LogP contribution in [0.3, 0.4) is 0 Å². The van der Waals surface area contributed by atoms with Crippen molar-refractivity contribution in [3.8, 4) is 5.75 Å². The molecule has 24 heavy (non-hydrogen) atoms. The molecule has 1 amide bonds. The fourth-order valence-electron chi connectivity index (χ4n) is 2.35. The van der Waals surface area contributed by atoms with E-state index in [1.54, 1.807) is 32.9 Å². The number of nitrogens with one attached hydrogen (secondary N) is 1. The first-order chi connectivity index (χ1) is 11.2. The van der Waals surface area contributed by atoms with E-state index in [-0.39, 0.29) is 6.04 Å². The van der Waals surface area contributed by atoms with Crippen LogP contribution >= 0.6 is 21.7 Å². The molecule has 2 rings (SSSR count). The van der Waals surface area contributed by atoms with E-state index in [0.29, 0.717) is 29.2 Å². The molecule has 0 aromatic heterocycles. The number of benzene rings is 1. The van der Waals surface area contributed by atoms with E-state index in [1.165, 1.54) is 7.11 Å². The minimum Gasteiger partial charge on any atom is -0.493 e. The van der Waals surface area contributed by atoms with Crippen LogP contribution in [0, 0.1) is 0 Å². The monoisotopic (exact) mass is 373 g/mol. The number of carbonyl (C=O) groups excluding carboxylic acids is 2. The lowest BCUT2D eigenvalue weighted by Crippen LogP contribution is -2.36. The van der Waals surface area contributed by atoms with Gasteiger partial charge in [-0.25, -0.2) is 9.59 Å². The summed E-state index contributed by atoms with van der Waals surface area (Å²) in [7, 11) is 8.09. The number of hydrogen-bond donors (Lipinski definition) is 1. The third kappa shape index (κ3) is 4.48. The molecule has 0 saturated heterocycles. The predicted octanol–water partition coefficient (Wildman–Crippen LogP) is 4.07. The van der Waals surface area contributed by atoms with E-state index < -0.39 is 17.7 Å².